The van der Waals surface area contributed by atoms with Crippen LogP contribution in [0.1, 0.15) is 30.1 Å². The van der Waals surface area contributed by atoms with Gasteiger partial charge >= 0.3 is 0 Å². The molecule has 3 aromatic rings. The van der Waals surface area contributed by atoms with Crippen molar-refractivity contribution < 1.29 is 17.9 Å². The number of benzene rings is 2. The number of thiazole rings is 1. The minimum absolute atomic E-state index is 0.235. The van der Waals surface area contributed by atoms with Crippen molar-refractivity contribution in [2.45, 2.75) is 31.2 Å². The lowest BCUT2D eigenvalue weighted by Gasteiger charge is -2.05. The molecule has 8 heteroatoms. The van der Waals surface area contributed by atoms with E-state index in [9.17, 15) is 13.2 Å². The molecule has 0 spiro atoms. The van der Waals surface area contributed by atoms with Crippen molar-refractivity contribution >= 4 is 37.3 Å². The molecule has 0 bridgehead atoms. The van der Waals surface area contributed by atoms with Gasteiger partial charge in [0.05, 0.1) is 21.7 Å². The summed E-state index contributed by atoms with van der Waals surface area (Å²) in [5.74, 6) is 0.347. The van der Waals surface area contributed by atoms with Crippen LogP contribution in [0, 0.1) is 0 Å². The highest BCUT2D eigenvalue weighted by Gasteiger charge is 2.13. The molecular formula is C22H24N2O4S2. The number of unbranched alkanes of at least 4 members (excludes halogenated alkanes) is 1. The van der Waals surface area contributed by atoms with E-state index in [1.165, 1.54) is 17.6 Å². The summed E-state index contributed by atoms with van der Waals surface area (Å²) in [5, 5.41) is 0. The predicted molar refractivity (Wildman–Crippen MR) is 120 cm³/mol. The van der Waals surface area contributed by atoms with Gasteiger partial charge in [-0.3, -0.25) is 4.79 Å². The first-order valence-corrected chi connectivity index (χ1v) is 12.3. The third-order valence-corrected chi connectivity index (χ3v) is 6.61. The molecule has 0 atom stereocenters. The molecule has 1 amide bonds. The molecule has 0 unspecified atom stereocenters. The number of fused-ring (bicyclic) bond motifs is 1. The van der Waals surface area contributed by atoms with Gasteiger partial charge in [-0.2, -0.15) is 4.99 Å². The molecule has 0 aliphatic carbocycles. The van der Waals surface area contributed by atoms with Crippen molar-refractivity contribution in [1.82, 2.24) is 4.57 Å². The fraction of sp³-hybridized carbons (Fsp3) is 0.273. The molecule has 0 saturated heterocycles. The maximum atomic E-state index is 12.7. The van der Waals surface area contributed by atoms with Crippen molar-refractivity contribution in [3.8, 4) is 5.75 Å². The van der Waals surface area contributed by atoms with Gasteiger partial charge in [0.25, 0.3) is 5.91 Å². The summed E-state index contributed by atoms with van der Waals surface area (Å²) in [6.07, 6.45) is 4.92. The number of nitrogens with zero attached hydrogens (tertiary/aromatic N) is 2. The van der Waals surface area contributed by atoms with Gasteiger partial charge in [0, 0.05) is 18.4 Å². The average Bonchev–Trinajstić information content (AvgIpc) is 3.05. The number of hydrogen-bond donors (Lipinski definition) is 0. The van der Waals surface area contributed by atoms with Crippen LogP contribution in [0.25, 0.3) is 10.2 Å². The Bertz CT molecular complexity index is 1240. The maximum Gasteiger partial charge on any atom is 0.279 e. The monoisotopic (exact) mass is 444 g/mol. The molecule has 3 rings (SSSR count). The van der Waals surface area contributed by atoms with Gasteiger partial charge in [0.1, 0.15) is 5.75 Å². The van der Waals surface area contributed by atoms with Crippen LogP contribution in [0.5, 0.6) is 5.75 Å². The number of ether oxygens (including phenoxy) is 1. The summed E-state index contributed by atoms with van der Waals surface area (Å²) >= 11 is 1.27. The molecule has 158 valence electrons. The van der Waals surface area contributed by atoms with Crippen LogP contribution in [-0.4, -0.2) is 31.8 Å². The van der Waals surface area contributed by atoms with Gasteiger partial charge in [0.2, 0.25) is 0 Å². The Morgan fingerprint density at radius 3 is 2.60 bits per heavy atom. The van der Waals surface area contributed by atoms with Gasteiger partial charge in [-0.1, -0.05) is 30.8 Å². The van der Waals surface area contributed by atoms with E-state index in [0.29, 0.717) is 23.5 Å². The zero-order valence-corrected chi connectivity index (χ0v) is 18.6. The van der Waals surface area contributed by atoms with Gasteiger partial charge < -0.3 is 9.30 Å². The predicted octanol–water partition coefficient (Wildman–Crippen LogP) is 4.21. The number of aromatic nitrogens is 1. The van der Waals surface area contributed by atoms with Gasteiger partial charge in [-0.15, -0.1) is 6.58 Å². The topological polar surface area (TPSA) is 77.7 Å². The zero-order valence-electron chi connectivity index (χ0n) is 17.0. The summed E-state index contributed by atoms with van der Waals surface area (Å²) in [7, 11) is -3.32. The highest BCUT2D eigenvalue weighted by atomic mass is 32.2. The van der Waals surface area contributed by atoms with Crippen LogP contribution in [0.4, 0.5) is 0 Å². The third kappa shape index (κ3) is 5.06. The first-order valence-electron chi connectivity index (χ1n) is 9.59. The van der Waals surface area contributed by atoms with Crippen molar-refractivity contribution in [2.24, 2.45) is 4.99 Å². The van der Waals surface area contributed by atoms with Crippen molar-refractivity contribution in [3.05, 3.63) is 65.5 Å². The lowest BCUT2D eigenvalue weighted by molar-refractivity contribution is 0.0998. The van der Waals surface area contributed by atoms with Crippen LogP contribution in [-0.2, 0) is 16.4 Å². The van der Waals surface area contributed by atoms with Crippen molar-refractivity contribution in [1.29, 1.82) is 0 Å². The number of amides is 1. The Morgan fingerprint density at radius 1 is 1.23 bits per heavy atom. The lowest BCUT2D eigenvalue weighted by atomic mass is 10.2. The standard InChI is InChI=1S/C22H24N2O4S2/c1-4-6-14-28-17-9-7-16(8-10-17)21(25)23-22-24(13-5-2)19-12-11-18(30(3,26)27)15-20(19)29-22/h5,7-12,15H,2,4,6,13-14H2,1,3H3. The third-order valence-electron chi connectivity index (χ3n) is 4.46. The Hall–Kier alpha value is -2.71. The summed E-state index contributed by atoms with van der Waals surface area (Å²) in [6.45, 7) is 6.96. The fourth-order valence-corrected chi connectivity index (χ4v) is 4.65. The quantitative estimate of drug-likeness (QED) is 0.385. The number of allylic oxidation sites excluding steroid dienone is 1. The van der Waals surface area contributed by atoms with E-state index in [1.807, 2.05) is 4.57 Å². The summed E-state index contributed by atoms with van der Waals surface area (Å²) in [6, 6.07) is 11.8. The normalized spacial score (nSPS) is 12.3. The highest BCUT2D eigenvalue weighted by Crippen LogP contribution is 2.22. The molecule has 6 nitrogen and oxygen atoms in total. The second-order valence-electron chi connectivity index (χ2n) is 6.83. The maximum absolute atomic E-state index is 12.7. The first-order chi connectivity index (χ1) is 14.3. The molecular weight excluding hydrogens is 420 g/mol. The van der Waals surface area contributed by atoms with E-state index in [0.717, 1.165) is 28.8 Å². The molecule has 1 heterocycles. The SMILES string of the molecule is C=CCn1c(=NC(=O)c2ccc(OCCCC)cc2)sc2cc(S(C)(=O)=O)ccc21. The van der Waals surface area contributed by atoms with Gasteiger partial charge in [-0.05, 0) is 48.9 Å². The second kappa shape index (κ2) is 9.40. The Kier molecular flexibility index (Phi) is 6.89. The van der Waals surface area contributed by atoms with Crippen LogP contribution in [0.2, 0.25) is 0 Å². The van der Waals surface area contributed by atoms with E-state index in [2.05, 4.69) is 18.5 Å². The molecule has 0 aliphatic heterocycles. The van der Waals surface area contributed by atoms with Crippen LogP contribution >= 0.6 is 11.3 Å². The van der Waals surface area contributed by atoms with Crippen LogP contribution < -0.4 is 9.54 Å². The highest BCUT2D eigenvalue weighted by molar-refractivity contribution is 7.90. The molecule has 0 fully saturated rings. The Labute approximate surface area is 180 Å². The van der Waals surface area contributed by atoms with Gasteiger partial charge in [0.15, 0.2) is 14.6 Å². The molecule has 0 N–H and O–H groups in total. The second-order valence-corrected chi connectivity index (χ2v) is 9.85. The molecule has 30 heavy (non-hydrogen) atoms. The number of hydrogen-bond acceptors (Lipinski definition) is 5. The molecule has 0 aliphatic rings. The van der Waals surface area contributed by atoms with Crippen LogP contribution in [0.15, 0.2) is 65.0 Å². The summed E-state index contributed by atoms with van der Waals surface area (Å²) in [5.41, 5.74) is 1.26. The molecule has 0 saturated carbocycles. The Balaban J connectivity index is 1.96. The molecule has 2 aromatic carbocycles. The number of sulfone groups is 1. The Morgan fingerprint density at radius 2 is 1.97 bits per heavy atom. The van der Waals surface area contributed by atoms with Gasteiger partial charge in [-0.25, -0.2) is 8.42 Å². The first kappa shape index (κ1) is 22.0. The van der Waals surface area contributed by atoms with E-state index in [-0.39, 0.29) is 10.8 Å². The van der Waals surface area contributed by atoms with E-state index >= 15 is 0 Å². The van der Waals surface area contributed by atoms with E-state index in [1.54, 1.807) is 48.5 Å². The van der Waals surface area contributed by atoms with E-state index in [4.69, 9.17) is 4.74 Å². The van der Waals surface area contributed by atoms with E-state index < -0.39 is 9.84 Å². The smallest absolute Gasteiger partial charge is 0.279 e. The minimum atomic E-state index is -3.32. The molecule has 0 radical (unpaired) electrons. The number of rotatable bonds is 8. The number of carbonyl (C=O) groups excluding carboxylic acids is 1. The van der Waals surface area contributed by atoms with Crippen LogP contribution in [0.3, 0.4) is 0 Å². The summed E-state index contributed by atoms with van der Waals surface area (Å²) in [4.78, 5) is 17.7. The van der Waals surface area contributed by atoms with Crippen molar-refractivity contribution in [2.75, 3.05) is 12.9 Å². The number of carbonyl (C=O) groups is 1. The lowest BCUT2D eigenvalue weighted by Crippen LogP contribution is -2.16. The molecule has 1 aromatic heterocycles. The largest absolute Gasteiger partial charge is 0.494 e. The summed E-state index contributed by atoms with van der Waals surface area (Å²) < 4.78 is 31.9. The fourth-order valence-electron chi connectivity index (χ4n) is 2.85. The van der Waals surface area contributed by atoms with Crippen molar-refractivity contribution in [3.63, 3.8) is 0 Å². The zero-order chi connectivity index (χ0) is 21.7. The average molecular weight is 445 g/mol. The minimum Gasteiger partial charge on any atom is -0.494 e.